The van der Waals surface area contributed by atoms with Crippen LogP contribution in [0.1, 0.15) is 5.56 Å². The fourth-order valence-corrected chi connectivity index (χ4v) is 4.23. The summed E-state index contributed by atoms with van der Waals surface area (Å²) in [5, 5.41) is 1.32. The van der Waals surface area contributed by atoms with Crippen LogP contribution in [0.4, 0.5) is 0 Å². The molecule has 0 atom stereocenters. The minimum atomic E-state index is 0.535. The molecule has 0 spiro atoms. The van der Waals surface area contributed by atoms with Crippen molar-refractivity contribution in [2.24, 2.45) is 0 Å². The van der Waals surface area contributed by atoms with E-state index in [0.717, 1.165) is 11.4 Å². The summed E-state index contributed by atoms with van der Waals surface area (Å²) in [6, 6.07) is 5.64. The van der Waals surface area contributed by atoms with E-state index in [0.29, 0.717) is 19.0 Å². The van der Waals surface area contributed by atoms with E-state index in [1.807, 2.05) is 32.3 Å². The molecular weight excluding hydrogens is 331 g/mol. The summed E-state index contributed by atoms with van der Waals surface area (Å²) < 4.78 is 5.48. The summed E-state index contributed by atoms with van der Waals surface area (Å²) in [7, 11) is 19.0. The molecule has 0 aromatic heterocycles. The van der Waals surface area contributed by atoms with Crippen LogP contribution >= 0.6 is 23.2 Å². The summed E-state index contributed by atoms with van der Waals surface area (Å²) in [4.78, 5) is 0. The van der Waals surface area contributed by atoms with Gasteiger partial charge in [0.15, 0.2) is 0 Å². The highest BCUT2D eigenvalue weighted by Crippen LogP contribution is 2.28. The van der Waals surface area contributed by atoms with Crippen molar-refractivity contribution in [2.75, 3.05) is 63.4 Å². The highest BCUT2D eigenvalue weighted by Gasteiger charge is 2.52. The number of quaternary nitrogens is 2. The molecule has 4 nitrogen and oxygen atoms in total. The van der Waals surface area contributed by atoms with E-state index in [4.69, 9.17) is 23.2 Å². The molecule has 6 heteroatoms. The molecule has 0 N–H and O–H groups in total. The first kappa shape index (κ1) is 20.1. The summed E-state index contributed by atoms with van der Waals surface area (Å²) >= 11 is 13.0. The van der Waals surface area contributed by atoms with E-state index in [-0.39, 0.29) is 0 Å². The zero-order chi connectivity index (χ0) is 18.2. The second-order valence-electron chi connectivity index (χ2n) is 7.48. The molecule has 1 rings (SSSR count). The summed E-state index contributed by atoms with van der Waals surface area (Å²) in [6.45, 7) is 0. The minimum Gasteiger partial charge on any atom is -0.193 e. The predicted molar refractivity (Wildman–Crippen MR) is 99.9 cm³/mol. The van der Waals surface area contributed by atoms with Gasteiger partial charge >= 0.3 is 11.8 Å². The zero-order valence-corrected chi connectivity index (χ0v) is 17.3. The van der Waals surface area contributed by atoms with Gasteiger partial charge in [-0.2, -0.15) is 9.06 Å². The van der Waals surface area contributed by atoms with Gasteiger partial charge in [-0.3, -0.25) is 0 Å². The number of benzene rings is 1. The number of halogens is 2. The topological polar surface area (TPSA) is 6.02 Å². The first-order valence-corrected chi connectivity index (χ1v) is 8.27. The fraction of sp³-hybridized carbons (Fsp3) is 0.529. The van der Waals surface area contributed by atoms with Crippen molar-refractivity contribution in [3.8, 4) is 0 Å². The van der Waals surface area contributed by atoms with Crippen LogP contribution in [0.25, 0.3) is 0 Å². The van der Waals surface area contributed by atoms with Gasteiger partial charge in [0, 0.05) is 0 Å². The molecule has 1 aromatic carbocycles. The average Bonchev–Trinajstić information content (AvgIpc) is 2.29. The monoisotopic (exact) mass is 360 g/mol. The predicted octanol–water partition coefficient (Wildman–Crippen LogP) is 2.42. The van der Waals surface area contributed by atoms with Gasteiger partial charge in [0.25, 0.3) is 0 Å². The van der Waals surface area contributed by atoms with Crippen molar-refractivity contribution in [3.05, 3.63) is 33.8 Å². The average molecular weight is 361 g/mol. The molecule has 23 heavy (non-hydrogen) atoms. The molecule has 0 aliphatic heterocycles. The van der Waals surface area contributed by atoms with Gasteiger partial charge in [-0.1, -0.05) is 29.3 Å². The number of nitrogens with zero attached hydrogens (tertiary/aromatic N) is 4. The van der Waals surface area contributed by atoms with E-state index < -0.39 is 0 Å². The third kappa shape index (κ3) is 4.13. The lowest BCUT2D eigenvalue weighted by Crippen LogP contribution is -2.66. The Morgan fingerprint density at radius 2 is 1.26 bits per heavy atom. The van der Waals surface area contributed by atoms with Crippen LogP contribution in [0.15, 0.2) is 18.2 Å². The van der Waals surface area contributed by atoms with Crippen molar-refractivity contribution >= 4 is 35.0 Å². The third-order valence-electron chi connectivity index (χ3n) is 3.64. The van der Waals surface area contributed by atoms with Gasteiger partial charge in [0.1, 0.15) is 33.8 Å². The number of hydrogen-bond donors (Lipinski definition) is 0. The van der Waals surface area contributed by atoms with Gasteiger partial charge < -0.3 is 0 Å². The Hall–Kier alpha value is -0.940. The van der Waals surface area contributed by atoms with Crippen molar-refractivity contribution in [2.45, 2.75) is 0 Å². The quantitative estimate of drug-likeness (QED) is 0.314. The maximum absolute atomic E-state index is 6.50. The van der Waals surface area contributed by atoms with Crippen LogP contribution in [0.3, 0.4) is 0 Å². The molecule has 0 heterocycles. The number of hydrogen-bond acceptors (Lipinski definition) is 0. The first-order chi connectivity index (χ1) is 10.3. The summed E-state index contributed by atoms with van der Waals surface area (Å²) in [5.41, 5.74) is 0.874. The van der Waals surface area contributed by atoms with Crippen LogP contribution in [0.5, 0.6) is 0 Å². The molecule has 0 radical (unpaired) electrons. The standard InChI is InChI=1S/C17H30Cl2N4/c1-20(2)16(15-13(18)11-10-12-14(15)19)23(8,9)17(21(3)4)22(5,6)7/h10-12H,1-9H3/q+4. The minimum absolute atomic E-state index is 0.535. The Bertz CT molecular complexity index is 639. The Morgan fingerprint density at radius 3 is 1.57 bits per heavy atom. The normalized spacial score (nSPS) is 12.1. The molecule has 0 saturated heterocycles. The van der Waals surface area contributed by atoms with E-state index in [9.17, 15) is 0 Å². The zero-order valence-electron chi connectivity index (χ0n) is 15.8. The van der Waals surface area contributed by atoms with E-state index >= 15 is 0 Å². The Kier molecular flexibility index (Phi) is 6.03. The second kappa shape index (κ2) is 6.89. The van der Waals surface area contributed by atoms with E-state index in [2.05, 4.69) is 58.5 Å². The summed E-state index contributed by atoms with van der Waals surface area (Å²) in [6.07, 6.45) is 0. The van der Waals surface area contributed by atoms with Gasteiger partial charge in [-0.15, -0.1) is 9.06 Å². The van der Waals surface area contributed by atoms with Gasteiger partial charge in [0.2, 0.25) is 0 Å². The van der Waals surface area contributed by atoms with Gasteiger partial charge in [-0.05, 0) is 12.1 Å². The summed E-state index contributed by atoms with van der Waals surface area (Å²) in [5.74, 6) is 2.24. The Balaban J connectivity index is 3.79. The van der Waals surface area contributed by atoms with Crippen molar-refractivity contribution in [3.63, 3.8) is 0 Å². The van der Waals surface area contributed by atoms with Crippen molar-refractivity contribution < 1.29 is 18.1 Å². The Morgan fingerprint density at radius 1 is 0.826 bits per heavy atom. The number of guanidine groups is 1. The smallest absolute Gasteiger partial charge is 0.193 e. The van der Waals surface area contributed by atoms with Crippen LogP contribution in [0, 0.1) is 0 Å². The second-order valence-corrected chi connectivity index (χ2v) is 8.29. The SMILES string of the molecule is C[N+](C)=C(c1c(Cl)cccc1Cl)[N+](C)(C)C(=[N+](C)C)[N+](C)(C)C. The van der Waals surface area contributed by atoms with Gasteiger partial charge in [-0.25, -0.2) is 0 Å². The molecule has 0 fully saturated rings. The molecule has 0 saturated carbocycles. The molecule has 0 unspecified atom stereocenters. The van der Waals surface area contributed by atoms with Crippen LogP contribution in [-0.4, -0.2) is 93.3 Å². The van der Waals surface area contributed by atoms with Crippen molar-refractivity contribution in [1.82, 2.24) is 0 Å². The molecule has 128 valence electrons. The number of rotatable bonds is 1. The van der Waals surface area contributed by atoms with Crippen molar-refractivity contribution in [1.29, 1.82) is 0 Å². The highest BCUT2D eigenvalue weighted by atomic mass is 35.5. The fourth-order valence-electron chi connectivity index (χ4n) is 3.66. The lowest BCUT2D eigenvalue weighted by Gasteiger charge is -2.30. The van der Waals surface area contributed by atoms with Crippen LogP contribution in [-0.2, 0) is 0 Å². The largest absolute Gasteiger partial charge is 0.541 e. The lowest BCUT2D eigenvalue weighted by atomic mass is 10.1. The maximum Gasteiger partial charge on any atom is 0.541 e. The molecule has 0 amide bonds. The molecule has 0 aliphatic rings. The van der Waals surface area contributed by atoms with E-state index in [1.54, 1.807) is 0 Å². The lowest BCUT2D eigenvalue weighted by molar-refractivity contribution is -0.915. The number of amidine groups is 1. The van der Waals surface area contributed by atoms with E-state index in [1.165, 1.54) is 5.96 Å². The van der Waals surface area contributed by atoms with Crippen LogP contribution in [0.2, 0.25) is 10.0 Å². The first-order valence-electron chi connectivity index (χ1n) is 7.51. The highest BCUT2D eigenvalue weighted by molar-refractivity contribution is 6.39. The van der Waals surface area contributed by atoms with Crippen LogP contribution < -0.4 is 0 Å². The maximum atomic E-state index is 6.50. The van der Waals surface area contributed by atoms with Gasteiger partial charge in [0.05, 0.1) is 45.3 Å². The molecule has 0 aliphatic carbocycles. The third-order valence-corrected chi connectivity index (χ3v) is 4.27. The molecule has 1 aromatic rings. The Labute approximate surface area is 150 Å². The molecule has 0 bridgehead atoms. The molecular formula is C17H30Cl2N4+4.